The highest BCUT2D eigenvalue weighted by atomic mass is 19.4. The third kappa shape index (κ3) is 8.45. The average molecular weight is 625 g/mol. The number of carbonyl (C=O) groups excluding carboxylic acids is 5. The zero-order chi connectivity index (χ0) is 32.8. The second kappa shape index (κ2) is 14.2. The van der Waals surface area contributed by atoms with Gasteiger partial charge in [0.15, 0.2) is 23.6 Å². The second-order valence-electron chi connectivity index (χ2n) is 10.1. The Kier molecular flexibility index (Phi) is 10.9. The monoisotopic (exact) mass is 624 g/mol. The summed E-state index contributed by atoms with van der Waals surface area (Å²) in [6.07, 6.45) is -6.27. The van der Waals surface area contributed by atoms with Crippen LogP contribution >= 0.6 is 0 Å². The van der Waals surface area contributed by atoms with Crippen LogP contribution in [0, 0.1) is 11.8 Å². The Morgan fingerprint density at radius 1 is 1.09 bits per heavy atom. The first-order chi connectivity index (χ1) is 20.6. The molecular formula is C29H31F3N2O10. The van der Waals surface area contributed by atoms with Gasteiger partial charge in [-0.15, -0.1) is 0 Å². The maximum absolute atomic E-state index is 13.4. The van der Waals surface area contributed by atoms with Crippen molar-refractivity contribution in [1.29, 1.82) is 0 Å². The van der Waals surface area contributed by atoms with Gasteiger partial charge < -0.3 is 29.0 Å². The third-order valence-electron chi connectivity index (χ3n) is 6.46. The van der Waals surface area contributed by atoms with E-state index in [2.05, 4.69) is 10.3 Å². The lowest BCUT2D eigenvalue weighted by Gasteiger charge is -2.29. The highest BCUT2D eigenvalue weighted by Gasteiger charge is 2.42. The Labute approximate surface area is 250 Å². The van der Waals surface area contributed by atoms with Gasteiger partial charge in [-0.2, -0.15) is 13.2 Å². The summed E-state index contributed by atoms with van der Waals surface area (Å²) in [5.41, 5.74) is -1.03. The maximum atomic E-state index is 13.4. The standard InChI is InChI=1S/C29H31F3N2O10/c1-14(2)26(37)44-23-15(3)42-28(39)20(34-25(36)22-24(43-16(4)35)21(40-5)10-11-33-22)13-41-27(38)19(23)12-17-6-8-18(9-7-17)29(30,31)32/h6-11,14-15,19-20,23H,12-13H2,1-5H3,(H,34,36). The van der Waals surface area contributed by atoms with Gasteiger partial charge in [-0.3, -0.25) is 19.2 Å². The van der Waals surface area contributed by atoms with Crippen LogP contribution in [-0.4, -0.2) is 66.7 Å². The fraction of sp³-hybridized carbons (Fsp3) is 0.448. The van der Waals surface area contributed by atoms with E-state index < -0.39 is 83.9 Å². The zero-order valence-electron chi connectivity index (χ0n) is 24.4. The van der Waals surface area contributed by atoms with Gasteiger partial charge in [-0.05, 0) is 31.0 Å². The number of amides is 1. The molecule has 1 aliphatic rings. The molecule has 44 heavy (non-hydrogen) atoms. The topological polar surface area (TPSA) is 156 Å². The number of hydrogen-bond acceptors (Lipinski definition) is 11. The van der Waals surface area contributed by atoms with Crippen molar-refractivity contribution in [3.05, 3.63) is 53.3 Å². The number of ether oxygens (including phenoxy) is 5. The number of cyclic esters (lactones) is 2. The molecule has 1 amide bonds. The van der Waals surface area contributed by atoms with Crippen molar-refractivity contribution in [1.82, 2.24) is 10.3 Å². The average Bonchev–Trinajstić information content (AvgIpc) is 2.98. The van der Waals surface area contributed by atoms with Crippen LogP contribution in [-0.2, 0) is 46.0 Å². The summed E-state index contributed by atoms with van der Waals surface area (Å²) < 4.78 is 65.8. The largest absolute Gasteiger partial charge is 0.493 e. The normalized spacial score (nSPS) is 20.8. The quantitative estimate of drug-likeness (QED) is 0.340. The smallest absolute Gasteiger partial charge is 0.416 e. The molecule has 238 valence electrons. The molecule has 1 fully saturated rings. The minimum atomic E-state index is -4.58. The van der Waals surface area contributed by atoms with Crippen molar-refractivity contribution in [2.45, 2.75) is 58.5 Å². The summed E-state index contributed by atoms with van der Waals surface area (Å²) in [5, 5.41) is 2.33. The number of methoxy groups -OCH3 is 1. The number of aromatic nitrogens is 1. The van der Waals surface area contributed by atoms with Gasteiger partial charge in [0.05, 0.1) is 18.6 Å². The van der Waals surface area contributed by atoms with Gasteiger partial charge in [0.1, 0.15) is 18.6 Å². The van der Waals surface area contributed by atoms with E-state index in [0.717, 1.165) is 19.1 Å². The van der Waals surface area contributed by atoms with Gasteiger partial charge >= 0.3 is 30.1 Å². The lowest BCUT2D eigenvalue weighted by Crippen LogP contribution is -2.47. The molecule has 0 radical (unpaired) electrons. The van der Waals surface area contributed by atoms with Crippen molar-refractivity contribution < 1.29 is 60.8 Å². The van der Waals surface area contributed by atoms with E-state index in [0.29, 0.717) is 0 Å². The molecule has 15 heteroatoms. The Hall–Kier alpha value is -4.69. The first-order valence-corrected chi connectivity index (χ1v) is 13.4. The van der Waals surface area contributed by atoms with Gasteiger partial charge in [-0.25, -0.2) is 9.78 Å². The lowest BCUT2D eigenvalue weighted by molar-refractivity contribution is -0.176. The number of pyridine rings is 1. The first-order valence-electron chi connectivity index (χ1n) is 13.4. The van der Waals surface area contributed by atoms with Gasteiger partial charge in [-0.1, -0.05) is 26.0 Å². The highest BCUT2D eigenvalue weighted by Crippen LogP contribution is 2.31. The minimum Gasteiger partial charge on any atom is -0.493 e. The number of hydrogen-bond donors (Lipinski definition) is 1. The summed E-state index contributed by atoms with van der Waals surface area (Å²) >= 11 is 0. The Morgan fingerprint density at radius 2 is 1.75 bits per heavy atom. The van der Waals surface area contributed by atoms with Crippen LogP contribution in [0.5, 0.6) is 11.5 Å². The van der Waals surface area contributed by atoms with Crippen molar-refractivity contribution in [3.8, 4) is 11.5 Å². The summed E-state index contributed by atoms with van der Waals surface area (Å²) in [6, 6.07) is 3.78. The van der Waals surface area contributed by atoms with Crippen LogP contribution in [0.25, 0.3) is 0 Å². The molecule has 0 bridgehead atoms. The summed E-state index contributed by atoms with van der Waals surface area (Å²) in [6.45, 7) is 4.81. The predicted octanol–water partition coefficient (Wildman–Crippen LogP) is 3.05. The molecule has 1 aliphatic heterocycles. The number of rotatable bonds is 8. The van der Waals surface area contributed by atoms with Crippen LogP contribution in [0.2, 0.25) is 0 Å². The molecule has 4 unspecified atom stereocenters. The third-order valence-corrected chi connectivity index (χ3v) is 6.46. The number of nitrogens with one attached hydrogen (secondary N) is 1. The van der Waals surface area contributed by atoms with E-state index in [1.54, 1.807) is 13.8 Å². The molecule has 1 N–H and O–H groups in total. The fourth-order valence-electron chi connectivity index (χ4n) is 4.19. The van der Waals surface area contributed by atoms with Gasteiger partial charge in [0.2, 0.25) is 5.75 Å². The number of benzene rings is 1. The van der Waals surface area contributed by atoms with Gasteiger partial charge in [0.25, 0.3) is 5.91 Å². The van der Waals surface area contributed by atoms with E-state index in [9.17, 15) is 37.1 Å². The van der Waals surface area contributed by atoms with Gasteiger partial charge in [0, 0.05) is 19.2 Å². The molecule has 4 atom stereocenters. The van der Waals surface area contributed by atoms with E-state index in [1.807, 2.05) is 0 Å². The van der Waals surface area contributed by atoms with Crippen LogP contribution < -0.4 is 14.8 Å². The second-order valence-corrected chi connectivity index (χ2v) is 10.1. The van der Waals surface area contributed by atoms with Crippen LogP contribution in [0.4, 0.5) is 13.2 Å². The van der Waals surface area contributed by atoms with Crippen molar-refractivity contribution >= 4 is 29.8 Å². The Morgan fingerprint density at radius 3 is 2.32 bits per heavy atom. The number of nitrogens with zero attached hydrogens (tertiary/aromatic N) is 1. The summed E-state index contributed by atoms with van der Waals surface area (Å²) in [5.74, 6) is -6.80. The molecule has 0 aliphatic carbocycles. The number of halogens is 3. The first kappa shape index (κ1) is 33.8. The van der Waals surface area contributed by atoms with Crippen molar-refractivity contribution in [3.63, 3.8) is 0 Å². The van der Waals surface area contributed by atoms with Crippen LogP contribution in [0.1, 0.15) is 49.3 Å². The van der Waals surface area contributed by atoms with Crippen LogP contribution in [0.3, 0.4) is 0 Å². The van der Waals surface area contributed by atoms with E-state index in [1.165, 1.54) is 38.4 Å². The molecule has 1 saturated heterocycles. The molecule has 2 aromatic rings. The maximum Gasteiger partial charge on any atom is 0.416 e. The molecule has 0 saturated carbocycles. The van der Waals surface area contributed by atoms with Crippen molar-refractivity contribution in [2.24, 2.45) is 11.8 Å². The number of alkyl halides is 3. The van der Waals surface area contributed by atoms with E-state index >= 15 is 0 Å². The fourth-order valence-corrected chi connectivity index (χ4v) is 4.19. The molecule has 3 rings (SSSR count). The Balaban J connectivity index is 1.91. The summed E-state index contributed by atoms with van der Waals surface area (Å²) in [7, 11) is 1.27. The number of esters is 4. The van der Waals surface area contributed by atoms with Crippen molar-refractivity contribution in [2.75, 3.05) is 13.7 Å². The van der Waals surface area contributed by atoms with Crippen LogP contribution in [0.15, 0.2) is 36.5 Å². The molecule has 1 aromatic heterocycles. The lowest BCUT2D eigenvalue weighted by atomic mass is 9.90. The molecular weight excluding hydrogens is 593 g/mol. The Bertz CT molecular complexity index is 1390. The van der Waals surface area contributed by atoms with E-state index in [4.69, 9.17) is 23.7 Å². The SMILES string of the molecule is COc1ccnc(C(=O)NC2COC(=O)C(Cc3ccc(C(F)(F)F)cc3)C(OC(=O)C(C)C)C(C)OC2=O)c1OC(C)=O. The zero-order valence-corrected chi connectivity index (χ0v) is 24.4. The molecule has 0 spiro atoms. The molecule has 2 heterocycles. The van der Waals surface area contributed by atoms with E-state index in [-0.39, 0.29) is 23.5 Å². The molecule has 1 aromatic carbocycles. The predicted molar refractivity (Wildman–Crippen MR) is 143 cm³/mol. The number of carbonyl (C=O) groups is 5. The molecule has 12 nitrogen and oxygen atoms in total. The minimum absolute atomic E-state index is 0.00152. The summed E-state index contributed by atoms with van der Waals surface area (Å²) in [4.78, 5) is 67.7. The highest BCUT2D eigenvalue weighted by molar-refractivity contribution is 5.99.